The highest BCUT2D eigenvalue weighted by Gasteiger charge is 2.25. The second-order valence-electron chi connectivity index (χ2n) is 5.60. The predicted molar refractivity (Wildman–Crippen MR) is 84.1 cm³/mol. The fraction of sp³-hybridized carbons (Fsp3) is 0.533. The Morgan fingerprint density at radius 1 is 1.35 bits per heavy atom. The van der Waals surface area contributed by atoms with Crippen LogP contribution in [0.4, 0.5) is 5.69 Å². The van der Waals surface area contributed by atoms with E-state index in [0.29, 0.717) is 11.4 Å². The zero-order valence-electron chi connectivity index (χ0n) is 12.1. The summed E-state index contributed by atoms with van der Waals surface area (Å²) in [5.74, 6) is 1.72. The van der Waals surface area contributed by atoms with Gasteiger partial charge in [0.15, 0.2) is 6.61 Å². The molecule has 0 atom stereocenters. The van der Waals surface area contributed by atoms with Crippen LogP contribution in [0.1, 0.15) is 20.3 Å². The molecule has 1 aliphatic heterocycles. The average Bonchev–Trinajstić information content (AvgIpc) is 2.59. The van der Waals surface area contributed by atoms with Crippen molar-refractivity contribution < 1.29 is 9.53 Å². The third-order valence-corrected chi connectivity index (χ3v) is 4.81. The third-order valence-electron chi connectivity index (χ3n) is 3.43. The molecule has 1 aliphatic rings. The maximum atomic E-state index is 12.2. The molecule has 0 aromatic heterocycles. The van der Waals surface area contributed by atoms with Gasteiger partial charge in [-0.1, -0.05) is 13.8 Å². The second-order valence-corrected chi connectivity index (χ2v) is 7.40. The van der Waals surface area contributed by atoms with Crippen molar-refractivity contribution in [2.45, 2.75) is 25.0 Å². The Morgan fingerprint density at radius 3 is 2.75 bits per heavy atom. The highest BCUT2D eigenvalue weighted by atomic mass is 32.2. The number of anilines is 1. The smallest absolute Gasteiger partial charge is 0.260 e. The third kappa shape index (κ3) is 4.34. The van der Waals surface area contributed by atoms with Crippen LogP contribution in [-0.4, -0.2) is 41.0 Å². The molecule has 4 nitrogen and oxygen atoms in total. The molecule has 0 saturated carbocycles. The van der Waals surface area contributed by atoms with Gasteiger partial charge >= 0.3 is 0 Å². The first-order valence-electron chi connectivity index (χ1n) is 6.86. The molecule has 1 fully saturated rings. The summed E-state index contributed by atoms with van der Waals surface area (Å²) in [6.07, 6.45) is 1.02. The lowest BCUT2D eigenvalue weighted by molar-refractivity contribution is -0.133. The van der Waals surface area contributed by atoms with Crippen LogP contribution >= 0.6 is 11.8 Å². The van der Waals surface area contributed by atoms with Crippen molar-refractivity contribution in [1.29, 1.82) is 0 Å². The second kappa shape index (κ2) is 6.39. The van der Waals surface area contributed by atoms with Crippen molar-refractivity contribution in [2.75, 3.05) is 31.2 Å². The standard InChI is InChI=1S/C15H22N2O2S/c1-15(2)7-8-17(9-10-20-15)14(18)11-19-13-5-3-12(16)4-6-13/h3-6H,7-11,16H2,1-2H3. The molecule has 0 bridgehead atoms. The van der Waals surface area contributed by atoms with Crippen molar-refractivity contribution in [3.05, 3.63) is 24.3 Å². The van der Waals surface area contributed by atoms with Crippen LogP contribution in [0.25, 0.3) is 0 Å². The monoisotopic (exact) mass is 294 g/mol. The maximum Gasteiger partial charge on any atom is 0.260 e. The summed E-state index contributed by atoms with van der Waals surface area (Å²) in [7, 11) is 0. The first kappa shape index (κ1) is 15.0. The molecule has 2 N–H and O–H groups in total. The quantitative estimate of drug-likeness (QED) is 0.870. The lowest BCUT2D eigenvalue weighted by Gasteiger charge is -2.22. The number of benzene rings is 1. The highest BCUT2D eigenvalue weighted by molar-refractivity contribution is 8.00. The molecule has 2 rings (SSSR count). The van der Waals surface area contributed by atoms with E-state index in [1.807, 2.05) is 16.7 Å². The minimum atomic E-state index is 0.0557. The number of carbonyl (C=O) groups is 1. The summed E-state index contributed by atoms with van der Waals surface area (Å²) < 4.78 is 5.77. The average molecular weight is 294 g/mol. The van der Waals surface area contributed by atoms with E-state index in [1.165, 1.54) is 0 Å². The van der Waals surface area contributed by atoms with Gasteiger partial charge in [0, 0.05) is 29.3 Å². The Balaban J connectivity index is 1.84. The van der Waals surface area contributed by atoms with Gasteiger partial charge in [-0.3, -0.25) is 4.79 Å². The summed E-state index contributed by atoms with van der Waals surface area (Å²) in [5, 5.41) is 0. The Hall–Kier alpha value is -1.36. The van der Waals surface area contributed by atoms with Crippen LogP contribution in [0, 0.1) is 0 Å². The topological polar surface area (TPSA) is 55.6 Å². The largest absolute Gasteiger partial charge is 0.484 e. The van der Waals surface area contributed by atoms with Crippen LogP contribution in [0.2, 0.25) is 0 Å². The van der Waals surface area contributed by atoms with E-state index in [2.05, 4.69) is 13.8 Å². The SMILES string of the molecule is CC1(C)CCN(C(=O)COc2ccc(N)cc2)CCS1. The zero-order valence-corrected chi connectivity index (χ0v) is 12.9. The summed E-state index contributed by atoms with van der Waals surface area (Å²) in [5.41, 5.74) is 6.30. The molecule has 20 heavy (non-hydrogen) atoms. The number of hydrogen-bond acceptors (Lipinski definition) is 4. The Morgan fingerprint density at radius 2 is 2.05 bits per heavy atom. The minimum absolute atomic E-state index is 0.0557. The van der Waals surface area contributed by atoms with Gasteiger partial charge in [0.25, 0.3) is 5.91 Å². The Labute approximate surface area is 124 Å². The Bertz CT molecular complexity index is 459. The van der Waals surface area contributed by atoms with Crippen LogP contribution < -0.4 is 10.5 Å². The molecule has 1 aromatic carbocycles. The molecular weight excluding hydrogens is 272 g/mol. The summed E-state index contributed by atoms with van der Waals surface area (Å²) >= 11 is 1.93. The number of thioether (sulfide) groups is 1. The van der Waals surface area contributed by atoms with Gasteiger partial charge in [-0.05, 0) is 30.7 Å². The van der Waals surface area contributed by atoms with Gasteiger partial charge in [0.2, 0.25) is 0 Å². The van der Waals surface area contributed by atoms with Crippen LogP contribution in [0.15, 0.2) is 24.3 Å². The van der Waals surface area contributed by atoms with E-state index in [9.17, 15) is 4.79 Å². The van der Waals surface area contributed by atoms with Crippen molar-refractivity contribution in [3.63, 3.8) is 0 Å². The van der Waals surface area contributed by atoms with Crippen molar-refractivity contribution in [3.8, 4) is 5.75 Å². The Kier molecular flexibility index (Phi) is 4.81. The van der Waals surface area contributed by atoms with E-state index >= 15 is 0 Å². The fourth-order valence-electron chi connectivity index (χ4n) is 2.07. The number of rotatable bonds is 3. The van der Waals surface area contributed by atoms with E-state index in [0.717, 1.165) is 25.3 Å². The van der Waals surface area contributed by atoms with Gasteiger partial charge in [-0.25, -0.2) is 0 Å². The molecule has 1 aromatic rings. The zero-order chi connectivity index (χ0) is 14.6. The van der Waals surface area contributed by atoms with Crippen molar-refractivity contribution in [2.24, 2.45) is 0 Å². The number of carbonyl (C=O) groups excluding carboxylic acids is 1. The van der Waals surface area contributed by atoms with Gasteiger partial charge in [-0.15, -0.1) is 0 Å². The number of ether oxygens (including phenoxy) is 1. The van der Waals surface area contributed by atoms with Crippen LogP contribution in [0.5, 0.6) is 5.75 Å². The number of hydrogen-bond donors (Lipinski definition) is 1. The van der Waals surface area contributed by atoms with Gasteiger partial charge < -0.3 is 15.4 Å². The number of nitrogen functional groups attached to an aromatic ring is 1. The van der Waals surface area contributed by atoms with E-state index < -0.39 is 0 Å². The summed E-state index contributed by atoms with van der Waals surface area (Å²) in [6.45, 7) is 6.17. The van der Waals surface area contributed by atoms with Gasteiger partial charge in [-0.2, -0.15) is 11.8 Å². The highest BCUT2D eigenvalue weighted by Crippen LogP contribution is 2.30. The molecular formula is C15H22N2O2S. The molecule has 1 amide bonds. The number of nitrogens with two attached hydrogens (primary N) is 1. The normalized spacial score (nSPS) is 18.4. The fourth-order valence-corrected chi connectivity index (χ4v) is 3.17. The molecule has 0 spiro atoms. The predicted octanol–water partition coefficient (Wildman–Crippen LogP) is 2.39. The number of amides is 1. The minimum Gasteiger partial charge on any atom is -0.484 e. The first-order chi connectivity index (χ1) is 9.46. The number of nitrogens with zero attached hydrogens (tertiary/aromatic N) is 1. The van der Waals surface area contributed by atoms with Crippen molar-refractivity contribution >= 4 is 23.4 Å². The molecule has 0 unspecified atom stereocenters. The van der Waals surface area contributed by atoms with Crippen LogP contribution in [0.3, 0.4) is 0 Å². The maximum absolute atomic E-state index is 12.2. The van der Waals surface area contributed by atoms with Crippen LogP contribution in [-0.2, 0) is 4.79 Å². The molecule has 1 saturated heterocycles. The van der Waals surface area contributed by atoms with Gasteiger partial charge in [0.1, 0.15) is 5.75 Å². The van der Waals surface area contributed by atoms with E-state index in [4.69, 9.17) is 10.5 Å². The van der Waals surface area contributed by atoms with E-state index in [1.54, 1.807) is 24.3 Å². The van der Waals surface area contributed by atoms with Gasteiger partial charge in [0.05, 0.1) is 0 Å². The summed E-state index contributed by atoms with van der Waals surface area (Å²) in [6, 6.07) is 7.10. The molecule has 110 valence electrons. The molecule has 5 heteroatoms. The van der Waals surface area contributed by atoms with E-state index in [-0.39, 0.29) is 17.3 Å². The molecule has 0 radical (unpaired) electrons. The lowest BCUT2D eigenvalue weighted by atomic mass is 10.1. The molecule has 1 heterocycles. The molecule has 0 aliphatic carbocycles. The summed E-state index contributed by atoms with van der Waals surface area (Å²) in [4.78, 5) is 14.1. The lowest BCUT2D eigenvalue weighted by Crippen LogP contribution is -2.37. The van der Waals surface area contributed by atoms with Crippen molar-refractivity contribution in [1.82, 2.24) is 4.90 Å². The first-order valence-corrected chi connectivity index (χ1v) is 7.85.